The van der Waals surface area contributed by atoms with Crippen LogP contribution < -0.4 is 0 Å². The molecule has 1 saturated carbocycles. The number of benzene rings is 1. The van der Waals surface area contributed by atoms with Crippen LogP contribution in [0.1, 0.15) is 44.6 Å². The van der Waals surface area contributed by atoms with Crippen LogP contribution >= 0.6 is 0 Å². The van der Waals surface area contributed by atoms with Crippen LogP contribution in [0.3, 0.4) is 0 Å². The quantitative estimate of drug-likeness (QED) is 0.860. The largest absolute Gasteiger partial charge is 0.396 e. The maximum atomic E-state index is 10.3. The molecule has 0 saturated heterocycles. The summed E-state index contributed by atoms with van der Waals surface area (Å²) in [4.78, 5) is 0. The molecule has 0 radical (unpaired) electrons. The predicted molar refractivity (Wildman–Crippen MR) is 73.5 cm³/mol. The van der Waals surface area contributed by atoms with Gasteiger partial charge < -0.3 is 10.2 Å². The summed E-state index contributed by atoms with van der Waals surface area (Å²) in [5, 5.41) is 19.2. The molecular weight excluding hydrogens is 224 g/mol. The lowest BCUT2D eigenvalue weighted by atomic mass is 9.66. The fourth-order valence-corrected chi connectivity index (χ4v) is 3.22. The Kier molecular flexibility index (Phi) is 4.41. The maximum Gasteiger partial charge on any atom is 0.0576 e. The van der Waals surface area contributed by atoms with Gasteiger partial charge in [-0.25, -0.2) is 0 Å². The van der Waals surface area contributed by atoms with E-state index in [4.69, 9.17) is 5.11 Å². The Morgan fingerprint density at radius 2 is 2.00 bits per heavy atom. The Morgan fingerprint density at radius 1 is 1.28 bits per heavy atom. The van der Waals surface area contributed by atoms with Crippen molar-refractivity contribution in [3.63, 3.8) is 0 Å². The molecule has 0 aromatic heterocycles. The SMILES string of the molecule is CC1(c2ccccc2)CCC(CCCO)C(O)C1. The van der Waals surface area contributed by atoms with E-state index in [9.17, 15) is 5.11 Å². The van der Waals surface area contributed by atoms with E-state index in [1.165, 1.54) is 5.56 Å². The van der Waals surface area contributed by atoms with Crippen LogP contribution in [-0.4, -0.2) is 22.9 Å². The first kappa shape index (κ1) is 13.6. The van der Waals surface area contributed by atoms with E-state index in [-0.39, 0.29) is 18.1 Å². The summed E-state index contributed by atoms with van der Waals surface area (Å²) >= 11 is 0. The van der Waals surface area contributed by atoms with Gasteiger partial charge in [-0.15, -0.1) is 0 Å². The fourth-order valence-electron chi connectivity index (χ4n) is 3.22. The molecule has 2 nitrogen and oxygen atoms in total. The highest BCUT2D eigenvalue weighted by atomic mass is 16.3. The van der Waals surface area contributed by atoms with Gasteiger partial charge in [-0.05, 0) is 49.0 Å². The lowest BCUT2D eigenvalue weighted by Crippen LogP contribution is -2.38. The van der Waals surface area contributed by atoms with Crippen molar-refractivity contribution in [1.29, 1.82) is 0 Å². The standard InChI is InChI=1S/C16H24O2/c1-16(14-7-3-2-4-8-14)10-9-13(6-5-11-17)15(18)12-16/h2-4,7-8,13,15,17-18H,5-6,9-12H2,1H3. The van der Waals surface area contributed by atoms with Gasteiger partial charge in [0.05, 0.1) is 6.10 Å². The summed E-state index contributed by atoms with van der Waals surface area (Å²) < 4.78 is 0. The van der Waals surface area contributed by atoms with Crippen LogP contribution in [0.15, 0.2) is 30.3 Å². The van der Waals surface area contributed by atoms with Crippen LogP contribution in [0.4, 0.5) is 0 Å². The first-order chi connectivity index (χ1) is 8.65. The Bertz CT molecular complexity index is 363. The molecule has 0 spiro atoms. The summed E-state index contributed by atoms with van der Waals surface area (Å²) in [6.07, 6.45) is 4.56. The van der Waals surface area contributed by atoms with Gasteiger partial charge in [0.15, 0.2) is 0 Å². The monoisotopic (exact) mass is 248 g/mol. The molecule has 100 valence electrons. The normalized spacial score (nSPS) is 32.4. The second-order valence-electron chi connectivity index (χ2n) is 5.86. The van der Waals surface area contributed by atoms with Gasteiger partial charge in [-0.3, -0.25) is 0 Å². The van der Waals surface area contributed by atoms with Crippen molar-refractivity contribution in [2.45, 2.75) is 50.5 Å². The van der Waals surface area contributed by atoms with Crippen molar-refractivity contribution in [3.8, 4) is 0 Å². The zero-order valence-corrected chi connectivity index (χ0v) is 11.2. The zero-order chi connectivity index (χ0) is 13.0. The molecule has 2 heteroatoms. The molecule has 3 unspecified atom stereocenters. The van der Waals surface area contributed by atoms with Gasteiger partial charge in [0, 0.05) is 6.61 Å². The van der Waals surface area contributed by atoms with Crippen LogP contribution in [0.2, 0.25) is 0 Å². The van der Waals surface area contributed by atoms with E-state index in [0.29, 0.717) is 5.92 Å². The molecule has 0 bridgehead atoms. The molecule has 1 aliphatic carbocycles. The fraction of sp³-hybridized carbons (Fsp3) is 0.625. The summed E-state index contributed by atoms with van der Waals surface area (Å²) in [5.41, 5.74) is 1.45. The van der Waals surface area contributed by atoms with E-state index in [1.807, 2.05) is 6.07 Å². The van der Waals surface area contributed by atoms with Crippen molar-refractivity contribution in [2.75, 3.05) is 6.61 Å². The molecule has 1 aromatic carbocycles. The molecule has 2 N–H and O–H groups in total. The molecule has 2 rings (SSSR count). The van der Waals surface area contributed by atoms with Crippen LogP contribution in [-0.2, 0) is 5.41 Å². The zero-order valence-electron chi connectivity index (χ0n) is 11.2. The highest BCUT2D eigenvalue weighted by Crippen LogP contribution is 2.42. The Morgan fingerprint density at radius 3 is 2.61 bits per heavy atom. The Balaban J connectivity index is 2.03. The highest BCUT2D eigenvalue weighted by Gasteiger charge is 2.37. The van der Waals surface area contributed by atoms with E-state index in [2.05, 4.69) is 31.2 Å². The molecule has 1 aliphatic rings. The molecule has 18 heavy (non-hydrogen) atoms. The van der Waals surface area contributed by atoms with Crippen LogP contribution in [0, 0.1) is 5.92 Å². The molecule has 0 amide bonds. The topological polar surface area (TPSA) is 40.5 Å². The van der Waals surface area contributed by atoms with E-state index >= 15 is 0 Å². The van der Waals surface area contributed by atoms with Gasteiger partial charge in [0.1, 0.15) is 0 Å². The van der Waals surface area contributed by atoms with Crippen molar-refractivity contribution < 1.29 is 10.2 Å². The maximum absolute atomic E-state index is 10.3. The Labute approximate surface area is 110 Å². The number of hydrogen-bond acceptors (Lipinski definition) is 2. The second-order valence-corrected chi connectivity index (χ2v) is 5.86. The van der Waals surface area contributed by atoms with Crippen LogP contribution in [0.5, 0.6) is 0 Å². The van der Waals surface area contributed by atoms with E-state index < -0.39 is 0 Å². The average Bonchev–Trinajstić information content (AvgIpc) is 2.39. The van der Waals surface area contributed by atoms with Crippen molar-refractivity contribution in [1.82, 2.24) is 0 Å². The van der Waals surface area contributed by atoms with Gasteiger partial charge in [-0.1, -0.05) is 37.3 Å². The minimum absolute atomic E-state index is 0.108. The molecule has 3 atom stereocenters. The highest BCUT2D eigenvalue weighted by molar-refractivity contribution is 5.25. The van der Waals surface area contributed by atoms with Gasteiger partial charge in [0.2, 0.25) is 0 Å². The summed E-state index contributed by atoms with van der Waals surface area (Å²) in [6, 6.07) is 10.5. The third-order valence-electron chi connectivity index (χ3n) is 4.47. The number of hydrogen-bond donors (Lipinski definition) is 2. The lowest BCUT2D eigenvalue weighted by Gasteiger charge is -2.41. The minimum atomic E-state index is -0.226. The van der Waals surface area contributed by atoms with Crippen LogP contribution in [0.25, 0.3) is 0 Å². The van der Waals surface area contributed by atoms with Gasteiger partial charge in [0.25, 0.3) is 0 Å². The average molecular weight is 248 g/mol. The molecule has 0 heterocycles. The number of rotatable bonds is 4. The second kappa shape index (κ2) is 5.85. The number of aliphatic hydroxyl groups is 2. The van der Waals surface area contributed by atoms with Crippen molar-refractivity contribution >= 4 is 0 Å². The van der Waals surface area contributed by atoms with E-state index in [0.717, 1.165) is 32.1 Å². The summed E-state index contributed by atoms with van der Waals surface area (Å²) in [6.45, 7) is 2.49. The van der Waals surface area contributed by atoms with Gasteiger partial charge in [-0.2, -0.15) is 0 Å². The van der Waals surface area contributed by atoms with Gasteiger partial charge >= 0.3 is 0 Å². The smallest absolute Gasteiger partial charge is 0.0576 e. The Hall–Kier alpha value is -0.860. The summed E-state index contributed by atoms with van der Waals surface area (Å²) in [7, 11) is 0. The van der Waals surface area contributed by atoms with Crippen molar-refractivity contribution in [3.05, 3.63) is 35.9 Å². The number of aliphatic hydroxyl groups excluding tert-OH is 2. The third-order valence-corrected chi connectivity index (χ3v) is 4.47. The third kappa shape index (κ3) is 2.93. The molecule has 1 fully saturated rings. The summed E-state index contributed by atoms with van der Waals surface area (Å²) in [5.74, 6) is 0.369. The first-order valence-corrected chi connectivity index (χ1v) is 7.00. The van der Waals surface area contributed by atoms with Crippen molar-refractivity contribution in [2.24, 2.45) is 5.92 Å². The van der Waals surface area contributed by atoms with E-state index in [1.54, 1.807) is 0 Å². The lowest BCUT2D eigenvalue weighted by molar-refractivity contribution is 0.0295. The predicted octanol–water partition coefficient (Wildman–Crippen LogP) is 2.88. The molecule has 1 aromatic rings. The molecular formula is C16H24O2. The molecule has 0 aliphatic heterocycles. The minimum Gasteiger partial charge on any atom is -0.396 e. The first-order valence-electron chi connectivity index (χ1n) is 7.00.